The van der Waals surface area contributed by atoms with Gasteiger partial charge < -0.3 is 24.5 Å². The van der Waals surface area contributed by atoms with E-state index in [1.807, 2.05) is 66.4 Å². The van der Waals surface area contributed by atoms with Crippen LogP contribution in [-0.2, 0) is 33.9 Å². The number of hydrogen-bond donors (Lipinski definition) is 0. The van der Waals surface area contributed by atoms with Crippen LogP contribution in [0.2, 0.25) is 0 Å². The van der Waals surface area contributed by atoms with Gasteiger partial charge in [0.2, 0.25) is 17.7 Å². The highest BCUT2D eigenvalue weighted by molar-refractivity contribution is 5.95. The van der Waals surface area contributed by atoms with E-state index in [2.05, 4.69) is 51.1 Å². The molecule has 4 aromatic carbocycles. The third-order valence-corrected chi connectivity index (χ3v) is 10.4. The SMILES string of the molecule is CC(=O)N1CCN(c2ccc(CN(C(=O)C=Cc3ccc(F)cc3)[C@@H](Cc3ccccc3)C(=O)N3CCN(Cc4ccc(N(C)C)cc4)CC3)cc2)CC1. The van der Waals surface area contributed by atoms with Crippen molar-refractivity contribution in [2.45, 2.75) is 32.5 Å². The number of piperazine rings is 2. The van der Waals surface area contributed by atoms with Gasteiger partial charge in [-0.05, 0) is 64.7 Å². The number of anilines is 2. The second-order valence-corrected chi connectivity index (χ2v) is 14.4. The third-order valence-electron chi connectivity index (χ3n) is 10.4. The van der Waals surface area contributed by atoms with Gasteiger partial charge in [-0.2, -0.15) is 0 Å². The highest BCUT2D eigenvalue weighted by Crippen LogP contribution is 2.23. The molecular weight excluding hydrogens is 680 g/mol. The lowest BCUT2D eigenvalue weighted by Gasteiger charge is -2.39. The zero-order valence-corrected chi connectivity index (χ0v) is 31.6. The minimum atomic E-state index is -0.748. The molecule has 2 saturated heterocycles. The van der Waals surface area contributed by atoms with Gasteiger partial charge in [-0.15, -0.1) is 0 Å². The van der Waals surface area contributed by atoms with Crippen LogP contribution in [-0.4, -0.2) is 110 Å². The standard InChI is InChI=1S/C44H51FN6O3/c1-34(52)48-27-29-49(30-28-48)41-20-13-38(14-21-41)33-51(43(53)22-15-35-9-16-39(45)17-10-35)42(31-36-7-5-4-6-8-36)44(54)50-25-23-47(24-26-50)32-37-11-18-40(19-12-37)46(2)3/h4-22,42H,23-33H2,1-3H3/t42-/m0/s1. The maximum absolute atomic E-state index is 14.7. The van der Waals surface area contributed by atoms with Crippen LogP contribution in [0.15, 0.2) is 109 Å². The highest BCUT2D eigenvalue weighted by atomic mass is 19.1. The fourth-order valence-corrected chi connectivity index (χ4v) is 7.13. The molecular formula is C44H51FN6O3. The summed E-state index contributed by atoms with van der Waals surface area (Å²) in [5, 5.41) is 0. The van der Waals surface area contributed by atoms with Crippen molar-refractivity contribution in [3.8, 4) is 0 Å². The summed E-state index contributed by atoms with van der Waals surface area (Å²) in [6.07, 6.45) is 3.53. The average molecular weight is 731 g/mol. The summed E-state index contributed by atoms with van der Waals surface area (Å²) >= 11 is 0. The molecule has 2 aliphatic rings. The summed E-state index contributed by atoms with van der Waals surface area (Å²) in [5.41, 5.74) is 6.01. The van der Waals surface area contributed by atoms with E-state index in [1.54, 1.807) is 30.0 Å². The first kappa shape index (κ1) is 38.3. The van der Waals surface area contributed by atoms with Gasteiger partial charge in [0.15, 0.2) is 0 Å². The molecule has 0 saturated carbocycles. The van der Waals surface area contributed by atoms with E-state index in [9.17, 15) is 18.8 Å². The van der Waals surface area contributed by atoms with Crippen molar-refractivity contribution >= 4 is 35.2 Å². The first-order valence-corrected chi connectivity index (χ1v) is 18.8. The van der Waals surface area contributed by atoms with Gasteiger partial charge in [-0.1, -0.05) is 66.7 Å². The molecule has 282 valence electrons. The van der Waals surface area contributed by atoms with Gasteiger partial charge in [0, 0.05) is 110 Å². The van der Waals surface area contributed by atoms with E-state index < -0.39 is 6.04 Å². The topological polar surface area (TPSA) is 70.6 Å². The smallest absolute Gasteiger partial charge is 0.247 e. The summed E-state index contributed by atoms with van der Waals surface area (Å²) in [4.78, 5) is 52.9. The lowest BCUT2D eigenvalue weighted by molar-refractivity contribution is -0.145. The molecule has 3 amide bonds. The lowest BCUT2D eigenvalue weighted by Crippen LogP contribution is -2.56. The first-order chi connectivity index (χ1) is 26.1. The van der Waals surface area contributed by atoms with Crippen molar-refractivity contribution in [1.29, 1.82) is 0 Å². The van der Waals surface area contributed by atoms with Crippen molar-refractivity contribution in [2.24, 2.45) is 0 Å². The van der Waals surface area contributed by atoms with Crippen LogP contribution in [0.25, 0.3) is 6.08 Å². The molecule has 6 rings (SSSR count). The molecule has 10 heteroatoms. The fraction of sp³-hybridized carbons (Fsp3) is 0.341. The molecule has 9 nitrogen and oxygen atoms in total. The predicted molar refractivity (Wildman–Crippen MR) is 213 cm³/mol. The van der Waals surface area contributed by atoms with Crippen LogP contribution in [0.1, 0.15) is 29.2 Å². The van der Waals surface area contributed by atoms with Crippen molar-refractivity contribution in [1.82, 2.24) is 19.6 Å². The fourth-order valence-electron chi connectivity index (χ4n) is 7.13. The second-order valence-electron chi connectivity index (χ2n) is 14.4. The molecule has 0 N–H and O–H groups in total. The largest absolute Gasteiger partial charge is 0.378 e. The monoisotopic (exact) mass is 730 g/mol. The third kappa shape index (κ3) is 10.1. The summed E-state index contributed by atoms with van der Waals surface area (Å²) in [6.45, 7) is 8.12. The van der Waals surface area contributed by atoms with Gasteiger partial charge in [0.05, 0.1) is 0 Å². The van der Waals surface area contributed by atoms with Crippen molar-refractivity contribution in [3.05, 3.63) is 137 Å². The molecule has 0 bridgehead atoms. The quantitative estimate of drug-likeness (QED) is 0.178. The maximum Gasteiger partial charge on any atom is 0.247 e. The molecule has 0 unspecified atom stereocenters. The molecule has 2 fully saturated rings. The number of hydrogen-bond acceptors (Lipinski definition) is 6. The Kier molecular flexibility index (Phi) is 12.8. The Morgan fingerprint density at radius 3 is 1.93 bits per heavy atom. The van der Waals surface area contributed by atoms with Gasteiger partial charge >= 0.3 is 0 Å². The zero-order valence-electron chi connectivity index (χ0n) is 31.6. The average Bonchev–Trinajstić information content (AvgIpc) is 3.20. The minimum Gasteiger partial charge on any atom is -0.378 e. The van der Waals surface area contributed by atoms with Crippen molar-refractivity contribution in [2.75, 3.05) is 76.3 Å². The molecule has 0 aliphatic carbocycles. The van der Waals surface area contributed by atoms with Crippen molar-refractivity contribution < 1.29 is 18.8 Å². The molecule has 4 aromatic rings. The van der Waals surface area contributed by atoms with Gasteiger partial charge in [-0.3, -0.25) is 19.3 Å². The molecule has 2 heterocycles. The Hall–Kier alpha value is -5.48. The van der Waals surface area contributed by atoms with Gasteiger partial charge in [0.1, 0.15) is 11.9 Å². The van der Waals surface area contributed by atoms with E-state index in [4.69, 9.17) is 0 Å². The van der Waals surface area contributed by atoms with E-state index in [0.717, 1.165) is 55.2 Å². The first-order valence-electron chi connectivity index (χ1n) is 18.8. The Morgan fingerprint density at radius 1 is 0.704 bits per heavy atom. The minimum absolute atomic E-state index is 0.0719. The Labute approximate surface area is 318 Å². The molecule has 0 spiro atoms. The van der Waals surface area contributed by atoms with Crippen LogP contribution >= 0.6 is 0 Å². The van der Waals surface area contributed by atoms with E-state index in [-0.39, 0.29) is 30.1 Å². The van der Waals surface area contributed by atoms with Crippen LogP contribution in [0.4, 0.5) is 15.8 Å². The molecule has 1 atom stereocenters. The summed E-state index contributed by atoms with van der Waals surface area (Å²) < 4.78 is 13.6. The zero-order chi connectivity index (χ0) is 38.0. The Bertz CT molecular complexity index is 1870. The Morgan fingerprint density at radius 2 is 1.31 bits per heavy atom. The highest BCUT2D eigenvalue weighted by Gasteiger charge is 2.34. The molecule has 0 aromatic heterocycles. The Balaban J connectivity index is 1.22. The van der Waals surface area contributed by atoms with E-state index >= 15 is 0 Å². The summed E-state index contributed by atoms with van der Waals surface area (Å²) in [6, 6.07) is 31.8. The number of benzene rings is 4. The number of rotatable bonds is 12. The van der Waals surface area contributed by atoms with E-state index in [1.165, 1.54) is 23.8 Å². The second kappa shape index (κ2) is 18.0. The van der Waals surface area contributed by atoms with Crippen LogP contribution in [0.5, 0.6) is 0 Å². The summed E-state index contributed by atoms with van der Waals surface area (Å²) in [5.74, 6) is -0.619. The summed E-state index contributed by atoms with van der Waals surface area (Å²) in [7, 11) is 4.06. The van der Waals surface area contributed by atoms with E-state index in [0.29, 0.717) is 38.2 Å². The van der Waals surface area contributed by atoms with Crippen LogP contribution in [0, 0.1) is 5.82 Å². The maximum atomic E-state index is 14.7. The lowest BCUT2D eigenvalue weighted by atomic mass is 10.0. The normalized spacial score (nSPS) is 15.7. The molecule has 0 radical (unpaired) electrons. The predicted octanol–water partition coefficient (Wildman–Crippen LogP) is 5.56. The molecule has 54 heavy (non-hydrogen) atoms. The number of halogens is 1. The number of carbonyl (C=O) groups is 3. The molecule has 2 aliphatic heterocycles. The van der Waals surface area contributed by atoms with Gasteiger partial charge in [-0.25, -0.2) is 4.39 Å². The number of nitrogens with zero attached hydrogens (tertiary/aromatic N) is 6. The van der Waals surface area contributed by atoms with Gasteiger partial charge in [0.25, 0.3) is 0 Å². The van der Waals surface area contributed by atoms with Crippen molar-refractivity contribution in [3.63, 3.8) is 0 Å². The number of amides is 3. The van der Waals surface area contributed by atoms with Crippen LogP contribution < -0.4 is 9.80 Å². The number of carbonyl (C=O) groups excluding carboxylic acids is 3. The van der Waals surface area contributed by atoms with Crippen LogP contribution in [0.3, 0.4) is 0 Å².